The summed E-state index contributed by atoms with van der Waals surface area (Å²) < 4.78 is 11.3. The quantitative estimate of drug-likeness (QED) is 0.329. The van der Waals surface area contributed by atoms with Gasteiger partial charge in [-0.05, 0) is 45.2 Å². The summed E-state index contributed by atoms with van der Waals surface area (Å²) in [4.78, 5) is 9.05. The Morgan fingerprint density at radius 1 is 1.21 bits per heavy atom. The summed E-state index contributed by atoms with van der Waals surface area (Å²) in [6.07, 6.45) is 1.84. The van der Waals surface area contributed by atoms with Crippen LogP contribution < -0.4 is 10.6 Å². The number of rotatable bonds is 6. The number of oxazole rings is 1. The second-order valence-electron chi connectivity index (χ2n) is 7.17. The first-order valence-electron chi connectivity index (χ1n) is 9.82. The van der Waals surface area contributed by atoms with Gasteiger partial charge in [0.1, 0.15) is 12.3 Å². The van der Waals surface area contributed by atoms with Gasteiger partial charge in [0.2, 0.25) is 5.89 Å². The Morgan fingerprint density at radius 3 is 2.55 bits per heavy atom. The molecule has 1 saturated heterocycles. The standard InChI is InChI=1S/C21H29ClN4O2.HI/c1-4-23-20(24-13-19-26-15(2)16(3)28-19)25-14-21(9-11-27-12-10-21)17-7-5-6-8-18(17)22;/h5-8H,4,9-14H2,1-3H3,(H2,23,24,25);1H. The third kappa shape index (κ3) is 6.08. The average Bonchev–Trinajstić information content (AvgIpc) is 3.02. The van der Waals surface area contributed by atoms with Gasteiger partial charge in [0, 0.05) is 36.7 Å². The summed E-state index contributed by atoms with van der Waals surface area (Å²) >= 11 is 6.55. The molecule has 1 aromatic heterocycles. The van der Waals surface area contributed by atoms with Gasteiger partial charge in [-0.25, -0.2) is 9.98 Å². The van der Waals surface area contributed by atoms with Crippen LogP contribution >= 0.6 is 35.6 Å². The maximum absolute atomic E-state index is 6.55. The molecule has 0 saturated carbocycles. The largest absolute Gasteiger partial charge is 0.444 e. The van der Waals surface area contributed by atoms with Crippen molar-refractivity contribution in [2.45, 2.75) is 45.6 Å². The zero-order valence-corrected chi connectivity index (χ0v) is 20.3. The zero-order valence-electron chi connectivity index (χ0n) is 17.3. The van der Waals surface area contributed by atoms with Crippen LogP contribution in [0.5, 0.6) is 0 Å². The minimum absolute atomic E-state index is 0. The normalized spacial score (nSPS) is 16.2. The second kappa shape index (κ2) is 11.2. The van der Waals surface area contributed by atoms with Crippen LogP contribution in [0.15, 0.2) is 33.7 Å². The van der Waals surface area contributed by atoms with E-state index in [2.05, 4.69) is 33.6 Å². The van der Waals surface area contributed by atoms with Crippen LogP contribution in [0, 0.1) is 13.8 Å². The van der Waals surface area contributed by atoms with Crippen LogP contribution in [0.2, 0.25) is 5.02 Å². The van der Waals surface area contributed by atoms with Gasteiger partial charge < -0.3 is 19.8 Å². The predicted octanol–water partition coefficient (Wildman–Crippen LogP) is 4.37. The summed E-state index contributed by atoms with van der Waals surface area (Å²) in [5, 5.41) is 7.61. The molecule has 2 aromatic rings. The van der Waals surface area contributed by atoms with Gasteiger partial charge in [0.05, 0.1) is 5.69 Å². The fourth-order valence-electron chi connectivity index (χ4n) is 3.54. The molecule has 3 rings (SSSR count). The fraction of sp³-hybridized carbons (Fsp3) is 0.524. The van der Waals surface area contributed by atoms with Gasteiger partial charge in [-0.15, -0.1) is 24.0 Å². The highest BCUT2D eigenvalue weighted by atomic mass is 127. The van der Waals surface area contributed by atoms with Gasteiger partial charge >= 0.3 is 0 Å². The van der Waals surface area contributed by atoms with E-state index in [1.165, 1.54) is 5.56 Å². The van der Waals surface area contributed by atoms with Crippen LogP contribution in [0.3, 0.4) is 0 Å². The number of halogens is 2. The molecule has 0 radical (unpaired) electrons. The SMILES string of the molecule is CCNC(=NCc1nc(C)c(C)o1)NCC1(c2ccccc2Cl)CCOCC1.I. The van der Waals surface area contributed by atoms with Crippen molar-refractivity contribution in [3.63, 3.8) is 0 Å². The molecule has 8 heteroatoms. The number of nitrogens with zero attached hydrogens (tertiary/aromatic N) is 2. The lowest BCUT2D eigenvalue weighted by Gasteiger charge is -2.38. The molecule has 1 aliphatic rings. The van der Waals surface area contributed by atoms with Crippen molar-refractivity contribution >= 4 is 41.5 Å². The molecular formula is C21H30ClIN4O2. The highest BCUT2D eigenvalue weighted by molar-refractivity contribution is 14.0. The molecule has 1 aromatic carbocycles. The van der Waals surface area contributed by atoms with Gasteiger partial charge in [0.15, 0.2) is 5.96 Å². The second-order valence-corrected chi connectivity index (χ2v) is 7.58. The smallest absolute Gasteiger partial charge is 0.216 e. The highest BCUT2D eigenvalue weighted by Crippen LogP contribution is 2.38. The Labute approximate surface area is 194 Å². The van der Waals surface area contributed by atoms with Crippen LogP contribution in [0.4, 0.5) is 0 Å². The molecule has 1 aliphatic heterocycles. The zero-order chi connectivity index (χ0) is 20.0. The number of hydrogen-bond donors (Lipinski definition) is 2. The summed E-state index contributed by atoms with van der Waals surface area (Å²) in [6.45, 7) is 9.27. The number of ether oxygens (including phenoxy) is 1. The molecular weight excluding hydrogens is 503 g/mol. The predicted molar refractivity (Wildman–Crippen MR) is 127 cm³/mol. The van der Waals surface area contributed by atoms with Crippen molar-refractivity contribution in [3.8, 4) is 0 Å². The number of guanidine groups is 1. The molecule has 6 nitrogen and oxygen atoms in total. The molecule has 0 aliphatic carbocycles. The van der Waals surface area contributed by atoms with E-state index in [1.807, 2.05) is 32.0 Å². The van der Waals surface area contributed by atoms with Crippen LogP contribution in [0.1, 0.15) is 42.7 Å². The number of aromatic nitrogens is 1. The third-order valence-electron chi connectivity index (χ3n) is 5.28. The van der Waals surface area contributed by atoms with Crippen molar-refractivity contribution in [1.82, 2.24) is 15.6 Å². The lowest BCUT2D eigenvalue weighted by atomic mass is 9.74. The maximum Gasteiger partial charge on any atom is 0.216 e. The fourth-order valence-corrected chi connectivity index (χ4v) is 3.88. The minimum atomic E-state index is -0.0805. The number of benzene rings is 1. The van der Waals surface area contributed by atoms with Crippen molar-refractivity contribution in [3.05, 3.63) is 52.2 Å². The Hall–Kier alpha value is -1.32. The van der Waals surface area contributed by atoms with Crippen molar-refractivity contribution < 1.29 is 9.15 Å². The first kappa shape index (κ1) is 24.0. The third-order valence-corrected chi connectivity index (χ3v) is 5.61. The Bertz CT molecular complexity index is 799. The number of hydrogen-bond acceptors (Lipinski definition) is 4. The van der Waals surface area contributed by atoms with Crippen molar-refractivity contribution in [2.75, 3.05) is 26.3 Å². The number of nitrogens with one attached hydrogen (secondary N) is 2. The number of aliphatic imine (C=N–C) groups is 1. The van der Waals surface area contributed by atoms with E-state index in [4.69, 9.17) is 20.8 Å². The van der Waals surface area contributed by atoms with Crippen LogP contribution in [-0.2, 0) is 16.7 Å². The van der Waals surface area contributed by atoms with Gasteiger partial charge in [-0.1, -0.05) is 29.8 Å². The van der Waals surface area contributed by atoms with E-state index in [0.29, 0.717) is 12.4 Å². The monoisotopic (exact) mass is 532 g/mol. The van der Waals surface area contributed by atoms with E-state index in [1.54, 1.807) is 0 Å². The Balaban J connectivity index is 0.00000300. The molecule has 1 fully saturated rings. The van der Waals surface area contributed by atoms with E-state index in [0.717, 1.165) is 61.6 Å². The summed E-state index contributed by atoms with van der Waals surface area (Å²) in [7, 11) is 0. The minimum Gasteiger partial charge on any atom is -0.444 e. The molecule has 0 unspecified atom stereocenters. The van der Waals surface area contributed by atoms with Gasteiger partial charge in [0.25, 0.3) is 0 Å². The van der Waals surface area contributed by atoms with E-state index in [-0.39, 0.29) is 29.4 Å². The van der Waals surface area contributed by atoms with Crippen LogP contribution in [-0.4, -0.2) is 37.2 Å². The van der Waals surface area contributed by atoms with Gasteiger partial charge in [-0.2, -0.15) is 0 Å². The van der Waals surface area contributed by atoms with Crippen LogP contribution in [0.25, 0.3) is 0 Å². The van der Waals surface area contributed by atoms with E-state index >= 15 is 0 Å². The lowest BCUT2D eigenvalue weighted by Crippen LogP contribution is -2.48. The molecule has 0 atom stereocenters. The van der Waals surface area contributed by atoms with Gasteiger partial charge in [-0.3, -0.25) is 0 Å². The molecule has 0 bridgehead atoms. The van der Waals surface area contributed by atoms with E-state index in [9.17, 15) is 0 Å². The first-order chi connectivity index (χ1) is 13.5. The summed E-state index contributed by atoms with van der Waals surface area (Å²) in [5.41, 5.74) is 1.99. The molecule has 2 N–H and O–H groups in total. The highest BCUT2D eigenvalue weighted by Gasteiger charge is 2.36. The lowest BCUT2D eigenvalue weighted by molar-refractivity contribution is 0.0514. The Kier molecular flexibility index (Phi) is 9.23. The van der Waals surface area contributed by atoms with Crippen molar-refractivity contribution in [2.24, 2.45) is 4.99 Å². The first-order valence-corrected chi connectivity index (χ1v) is 10.2. The average molecular weight is 533 g/mol. The van der Waals surface area contributed by atoms with E-state index < -0.39 is 0 Å². The molecule has 0 amide bonds. The Morgan fingerprint density at radius 2 is 1.93 bits per heavy atom. The molecule has 0 spiro atoms. The summed E-state index contributed by atoms with van der Waals surface area (Å²) in [6, 6.07) is 8.10. The topological polar surface area (TPSA) is 71.7 Å². The number of aryl methyl sites for hydroxylation is 2. The molecule has 2 heterocycles. The summed E-state index contributed by atoms with van der Waals surface area (Å²) in [5.74, 6) is 2.20. The molecule has 160 valence electrons. The van der Waals surface area contributed by atoms with Crippen molar-refractivity contribution in [1.29, 1.82) is 0 Å². The molecule has 29 heavy (non-hydrogen) atoms. The maximum atomic E-state index is 6.55.